The van der Waals surface area contributed by atoms with E-state index in [0.717, 1.165) is 27.9 Å². The van der Waals surface area contributed by atoms with Gasteiger partial charge in [0.05, 0.1) is 0 Å². The van der Waals surface area contributed by atoms with Crippen molar-refractivity contribution >= 4 is 23.6 Å². The van der Waals surface area contributed by atoms with E-state index < -0.39 is 29.3 Å². The minimum Gasteiger partial charge on any atom is -0.444 e. The minimum absolute atomic E-state index is 0.251. The van der Waals surface area contributed by atoms with Crippen molar-refractivity contribution in [3.63, 3.8) is 0 Å². The maximum Gasteiger partial charge on any atom is 0.408 e. The van der Waals surface area contributed by atoms with Gasteiger partial charge in [-0.3, -0.25) is 9.59 Å². The first-order valence-electron chi connectivity index (χ1n) is 13.2. The van der Waals surface area contributed by atoms with Gasteiger partial charge in [0.2, 0.25) is 5.91 Å². The fourth-order valence-corrected chi connectivity index (χ4v) is 4.44. The summed E-state index contributed by atoms with van der Waals surface area (Å²) in [5.74, 6) is -0.929. The van der Waals surface area contributed by atoms with Gasteiger partial charge in [0, 0.05) is 11.2 Å². The van der Waals surface area contributed by atoms with Gasteiger partial charge in [-0.2, -0.15) is 0 Å². The van der Waals surface area contributed by atoms with Gasteiger partial charge in [0.25, 0.3) is 5.91 Å². The molecule has 2 unspecified atom stereocenters. The Labute approximate surface area is 228 Å². The Kier molecular flexibility index (Phi) is 9.76. The number of ether oxygens (including phenoxy) is 1. The zero-order chi connectivity index (χ0) is 29.0. The lowest BCUT2D eigenvalue weighted by Gasteiger charge is -2.44. The Balaban J connectivity index is 2.64. The van der Waals surface area contributed by atoms with Crippen LogP contribution in [0.4, 0.5) is 10.5 Å². The summed E-state index contributed by atoms with van der Waals surface area (Å²) in [4.78, 5) is 42.8. The summed E-state index contributed by atoms with van der Waals surface area (Å²) in [7, 11) is 0. The van der Waals surface area contributed by atoms with Crippen LogP contribution in [-0.4, -0.2) is 40.0 Å². The van der Waals surface area contributed by atoms with E-state index in [1.54, 1.807) is 25.7 Å². The molecular formula is C31H45N3O4. The summed E-state index contributed by atoms with van der Waals surface area (Å²) in [6.07, 6.45) is -0.675. The molecule has 0 aliphatic carbocycles. The lowest BCUT2D eigenvalue weighted by Crippen LogP contribution is -2.59. The first-order valence-corrected chi connectivity index (χ1v) is 13.2. The lowest BCUT2D eigenvalue weighted by atomic mass is 9.91. The van der Waals surface area contributed by atoms with Crippen molar-refractivity contribution in [3.8, 4) is 0 Å². The van der Waals surface area contributed by atoms with Crippen LogP contribution in [0, 0.1) is 26.7 Å². The van der Waals surface area contributed by atoms with Crippen LogP contribution in [0.3, 0.4) is 0 Å². The number of carbonyl (C=O) groups is 3. The van der Waals surface area contributed by atoms with Crippen LogP contribution in [0.2, 0.25) is 0 Å². The zero-order valence-corrected chi connectivity index (χ0v) is 24.9. The molecular weight excluding hydrogens is 478 g/mol. The summed E-state index contributed by atoms with van der Waals surface area (Å²) in [5, 5.41) is 5.88. The number of hydrogen-bond acceptors (Lipinski definition) is 4. The van der Waals surface area contributed by atoms with E-state index in [-0.39, 0.29) is 17.7 Å². The maximum atomic E-state index is 14.3. The zero-order valence-electron chi connectivity index (χ0n) is 24.9. The van der Waals surface area contributed by atoms with Crippen molar-refractivity contribution in [2.24, 2.45) is 5.92 Å². The highest BCUT2D eigenvalue weighted by molar-refractivity contribution is 6.00. The SMILES string of the molecule is Cc1ccccc1C(C(=O)Nc1c(C)cccc1C)N(C(=O)C(NC(=O)OC(C)(C)C)C(C)C)C(C)(C)C. The molecule has 7 heteroatoms. The quantitative estimate of drug-likeness (QED) is 0.435. The lowest BCUT2D eigenvalue weighted by molar-refractivity contribution is -0.147. The summed E-state index contributed by atoms with van der Waals surface area (Å²) in [6, 6.07) is 11.6. The Hall–Kier alpha value is -3.35. The molecule has 2 rings (SSSR count). The molecule has 0 saturated carbocycles. The molecule has 0 bridgehead atoms. The molecule has 0 radical (unpaired) electrons. The standard InChI is InChI=1S/C31H45N3O4/c1-19(2)24(33-29(37)38-31(9,10)11)28(36)34(30(6,7)8)26(23-18-13-12-15-20(23)3)27(35)32-25-21(4)16-14-17-22(25)5/h12-19,24,26H,1-11H3,(H,32,35)(H,33,37). The molecule has 208 valence electrons. The van der Waals surface area contributed by atoms with Crippen LogP contribution in [0.15, 0.2) is 42.5 Å². The number of carbonyl (C=O) groups excluding carboxylic acids is 3. The van der Waals surface area contributed by atoms with Crippen molar-refractivity contribution in [2.75, 3.05) is 5.32 Å². The highest BCUT2D eigenvalue weighted by Crippen LogP contribution is 2.34. The summed E-state index contributed by atoms with van der Waals surface area (Å²) in [6.45, 7) is 20.5. The van der Waals surface area contributed by atoms with Gasteiger partial charge >= 0.3 is 6.09 Å². The predicted molar refractivity (Wildman–Crippen MR) is 153 cm³/mol. The van der Waals surface area contributed by atoms with Crippen LogP contribution in [-0.2, 0) is 14.3 Å². The molecule has 7 nitrogen and oxygen atoms in total. The third-order valence-electron chi connectivity index (χ3n) is 6.28. The smallest absolute Gasteiger partial charge is 0.408 e. The number of aryl methyl sites for hydroxylation is 3. The van der Waals surface area contributed by atoms with Crippen molar-refractivity contribution in [1.82, 2.24) is 10.2 Å². The molecule has 38 heavy (non-hydrogen) atoms. The number of benzene rings is 2. The van der Waals surface area contributed by atoms with Gasteiger partial charge in [-0.25, -0.2) is 4.79 Å². The van der Waals surface area contributed by atoms with E-state index in [2.05, 4.69) is 10.6 Å². The average Bonchev–Trinajstić information content (AvgIpc) is 2.76. The fourth-order valence-electron chi connectivity index (χ4n) is 4.44. The van der Waals surface area contributed by atoms with E-state index in [4.69, 9.17) is 4.74 Å². The topological polar surface area (TPSA) is 87.7 Å². The Bertz CT molecular complexity index is 1140. The molecule has 3 amide bonds. The second-order valence-corrected chi connectivity index (χ2v) is 12.3. The van der Waals surface area contributed by atoms with Gasteiger partial charge in [0.15, 0.2) is 0 Å². The van der Waals surface area contributed by atoms with E-state index in [1.807, 2.05) is 97.9 Å². The van der Waals surface area contributed by atoms with E-state index in [1.165, 1.54) is 0 Å². The largest absolute Gasteiger partial charge is 0.444 e. The fraction of sp³-hybridized carbons (Fsp3) is 0.516. The highest BCUT2D eigenvalue weighted by Gasteiger charge is 2.43. The Morgan fingerprint density at radius 2 is 1.34 bits per heavy atom. The molecule has 2 aromatic rings. The molecule has 0 aliphatic heterocycles. The second-order valence-electron chi connectivity index (χ2n) is 12.3. The highest BCUT2D eigenvalue weighted by atomic mass is 16.6. The Morgan fingerprint density at radius 3 is 1.82 bits per heavy atom. The second kappa shape index (κ2) is 12.0. The summed E-state index contributed by atoms with van der Waals surface area (Å²) in [5.41, 5.74) is 2.73. The van der Waals surface area contributed by atoms with Gasteiger partial charge in [-0.15, -0.1) is 0 Å². The molecule has 0 spiro atoms. The van der Waals surface area contributed by atoms with Crippen molar-refractivity contribution in [3.05, 3.63) is 64.7 Å². The van der Waals surface area contributed by atoms with Gasteiger partial charge in [-0.05, 0) is 90.5 Å². The van der Waals surface area contributed by atoms with Crippen LogP contribution in [0.25, 0.3) is 0 Å². The van der Waals surface area contributed by atoms with E-state index in [9.17, 15) is 14.4 Å². The van der Waals surface area contributed by atoms with Gasteiger partial charge in [0.1, 0.15) is 17.7 Å². The van der Waals surface area contributed by atoms with Crippen LogP contribution >= 0.6 is 0 Å². The number of anilines is 1. The third-order valence-corrected chi connectivity index (χ3v) is 6.28. The van der Waals surface area contributed by atoms with Crippen LogP contribution < -0.4 is 10.6 Å². The molecule has 0 aromatic heterocycles. The number of alkyl carbamates (subject to hydrolysis) is 1. The Morgan fingerprint density at radius 1 is 0.816 bits per heavy atom. The van der Waals surface area contributed by atoms with E-state index >= 15 is 0 Å². The van der Waals surface area contributed by atoms with Crippen LogP contribution in [0.1, 0.15) is 83.7 Å². The minimum atomic E-state index is -0.940. The van der Waals surface area contributed by atoms with Crippen LogP contribution in [0.5, 0.6) is 0 Å². The molecule has 2 atom stereocenters. The number of nitrogens with one attached hydrogen (secondary N) is 2. The first kappa shape index (κ1) is 30.9. The van der Waals surface area contributed by atoms with Crippen molar-refractivity contribution < 1.29 is 19.1 Å². The average molecular weight is 524 g/mol. The molecule has 0 fully saturated rings. The van der Waals surface area contributed by atoms with Crippen molar-refractivity contribution in [2.45, 2.75) is 99.4 Å². The summed E-state index contributed by atoms with van der Waals surface area (Å²) >= 11 is 0. The number of hydrogen-bond donors (Lipinski definition) is 2. The molecule has 2 N–H and O–H groups in total. The molecule has 0 aliphatic rings. The number of amides is 3. The molecule has 0 saturated heterocycles. The molecule has 2 aromatic carbocycles. The van der Waals surface area contributed by atoms with Gasteiger partial charge < -0.3 is 20.3 Å². The normalized spacial score (nSPS) is 13.5. The number of nitrogens with zero attached hydrogens (tertiary/aromatic N) is 1. The predicted octanol–water partition coefficient (Wildman–Crippen LogP) is 6.47. The monoisotopic (exact) mass is 523 g/mol. The molecule has 0 heterocycles. The maximum absolute atomic E-state index is 14.3. The third kappa shape index (κ3) is 7.83. The first-order chi connectivity index (χ1) is 17.4. The van der Waals surface area contributed by atoms with E-state index in [0.29, 0.717) is 0 Å². The van der Waals surface area contributed by atoms with Crippen molar-refractivity contribution in [1.29, 1.82) is 0 Å². The number of rotatable bonds is 7. The number of para-hydroxylation sites is 1. The summed E-state index contributed by atoms with van der Waals surface area (Å²) < 4.78 is 5.45. The van der Waals surface area contributed by atoms with Gasteiger partial charge in [-0.1, -0.05) is 56.3 Å².